The summed E-state index contributed by atoms with van der Waals surface area (Å²) >= 11 is 0. The van der Waals surface area contributed by atoms with Crippen LogP contribution in [0.25, 0.3) is 0 Å². The molecule has 2 rings (SSSR count). The van der Waals surface area contributed by atoms with Gasteiger partial charge in [0.05, 0.1) is 19.6 Å². The molecule has 1 unspecified atom stereocenters. The smallest absolute Gasteiger partial charge is 0.238 e. The zero-order chi connectivity index (χ0) is 16.7. The Bertz CT molecular complexity index is 522. The number of ether oxygens (including phenoxy) is 2. The summed E-state index contributed by atoms with van der Waals surface area (Å²) in [4.78, 5) is 14.0. The zero-order valence-electron chi connectivity index (χ0n) is 14.0. The summed E-state index contributed by atoms with van der Waals surface area (Å²) in [5, 5.41) is 0. The standard InChI is InChI=1S/C17H27N3O3/c1-3-10-23-16-13(6-4-8-15(16)22-2)11-20-9-5-7-14(12-20)17(21)19-18/h4,6,8,14H,3,5,7,9-12,18H2,1-2H3,(H,19,21). The number of carbonyl (C=O) groups is 1. The summed E-state index contributed by atoms with van der Waals surface area (Å²) in [6, 6.07) is 5.94. The Morgan fingerprint density at radius 1 is 1.48 bits per heavy atom. The third-order valence-electron chi connectivity index (χ3n) is 4.14. The van der Waals surface area contributed by atoms with Crippen LogP contribution in [0, 0.1) is 5.92 Å². The topological polar surface area (TPSA) is 76.8 Å². The van der Waals surface area contributed by atoms with Gasteiger partial charge in [-0.15, -0.1) is 0 Å². The van der Waals surface area contributed by atoms with Gasteiger partial charge in [-0.1, -0.05) is 19.1 Å². The highest BCUT2D eigenvalue weighted by atomic mass is 16.5. The van der Waals surface area contributed by atoms with Crippen LogP contribution >= 0.6 is 0 Å². The van der Waals surface area contributed by atoms with E-state index in [0.717, 1.165) is 49.4 Å². The van der Waals surface area contributed by atoms with Crippen LogP contribution in [0.4, 0.5) is 0 Å². The van der Waals surface area contributed by atoms with Crippen molar-refractivity contribution >= 4 is 5.91 Å². The van der Waals surface area contributed by atoms with Crippen molar-refractivity contribution < 1.29 is 14.3 Å². The van der Waals surface area contributed by atoms with E-state index in [2.05, 4.69) is 23.3 Å². The number of carbonyl (C=O) groups excluding carboxylic acids is 1. The van der Waals surface area contributed by atoms with E-state index in [1.807, 2.05) is 12.1 Å². The van der Waals surface area contributed by atoms with Crippen LogP contribution in [0.5, 0.6) is 11.5 Å². The Labute approximate surface area is 137 Å². The Kier molecular flexibility index (Phi) is 6.67. The molecule has 1 aromatic rings. The second kappa shape index (κ2) is 8.74. The summed E-state index contributed by atoms with van der Waals surface area (Å²) in [5.41, 5.74) is 3.36. The average Bonchev–Trinajstić information content (AvgIpc) is 2.60. The normalized spacial score (nSPS) is 18.5. The van der Waals surface area contributed by atoms with Crippen molar-refractivity contribution in [2.75, 3.05) is 26.8 Å². The van der Waals surface area contributed by atoms with Gasteiger partial charge in [0.2, 0.25) is 5.91 Å². The highest BCUT2D eigenvalue weighted by molar-refractivity contribution is 5.78. The SMILES string of the molecule is CCCOc1c(CN2CCCC(C(=O)NN)C2)cccc1OC. The lowest BCUT2D eigenvalue weighted by atomic mass is 9.97. The monoisotopic (exact) mass is 321 g/mol. The average molecular weight is 321 g/mol. The highest BCUT2D eigenvalue weighted by Gasteiger charge is 2.26. The summed E-state index contributed by atoms with van der Waals surface area (Å²) in [7, 11) is 1.65. The van der Waals surface area contributed by atoms with Gasteiger partial charge in [0.25, 0.3) is 0 Å². The fourth-order valence-electron chi connectivity index (χ4n) is 2.99. The largest absolute Gasteiger partial charge is 0.493 e. The number of para-hydroxylation sites is 1. The van der Waals surface area contributed by atoms with Crippen LogP contribution in [0.3, 0.4) is 0 Å². The Morgan fingerprint density at radius 2 is 2.30 bits per heavy atom. The maximum absolute atomic E-state index is 11.8. The molecule has 0 bridgehead atoms. The second-order valence-electron chi connectivity index (χ2n) is 5.88. The number of piperidine rings is 1. The van der Waals surface area contributed by atoms with Crippen LogP contribution in [0.2, 0.25) is 0 Å². The number of likely N-dealkylation sites (tertiary alicyclic amines) is 1. The molecule has 1 aliphatic rings. The minimum absolute atomic E-state index is 0.0423. The predicted molar refractivity (Wildman–Crippen MR) is 89.1 cm³/mol. The number of hydrogen-bond acceptors (Lipinski definition) is 5. The number of amides is 1. The van der Waals surface area contributed by atoms with Gasteiger partial charge in [-0.05, 0) is 31.9 Å². The molecule has 1 aliphatic heterocycles. The molecule has 1 saturated heterocycles. The van der Waals surface area contributed by atoms with E-state index in [1.165, 1.54) is 0 Å². The van der Waals surface area contributed by atoms with Crippen molar-refractivity contribution in [3.05, 3.63) is 23.8 Å². The first-order chi connectivity index (χ1) is 11.2. The fraction of sp³-hybridized carbons (Fsp3) is 0.588. The molecule has 1 heterocycles. The molecular formula is C17H27N3O3. The number of nitrogens with one attached hydrogen (secondary N) is 1. The molecule has 0 aromatic heterocycles. The van der Waals surface area contributed by atoms with Gasteiger partial charge in [0, 0.05) is 18.7 Å². The molecule has 0 aliphatic carbocycles. The Hall–Kier alpha value is -1.79. The third-order valence-corrected chi connectivity index (χ3v) is 4.14. The summed E-state index contributed by atoms with van der Waals surface area (Å²) < 4.78 is 11.3. The lowest BCUT2D eigenvalue weighted by molar-refractivity contribution is -0.126. The van der Waals surface area contributed by atoms with Crippen molar-refractivity contribution in [3.8, 4) is 11.5 Å². The van der Waals surface area contributed by atoms with E-state index in [0.29, 0.717) is 13.2 Å². The number of hydrazine groups is 1. The van der Waals surface area contributed by atoms with Crippen molar-refractivity contribution in [1.82, 2.24) is 10.3 Å². The summed E-state index contributed by atoms with van der Waals surface area (Å²) in [5.74, 6) is 6.70. The Balaban J connectivity index is 2.10. The first-order valence-electron chi connectivity index (χ1n) is 8.21. The molecular weight excluding hydrogens is 294 g/mol. The van der Waals surface area contributed by atoms with E-state index >= 15 is 0 Å². The minimum Gasteiger partial charge on any atom is -0.493 e. The molecule has 0 saturated carbocycles. The summed E-state index contributed by atoms with van der Waals surface area (Å²) in [6.07, 6.45) is 2.82. The molecule has 6 nitrogen and oxygen atoms in total. The number of hydrogen-bond donors (Lipinski definition) is 2. The number of methoxy groups -OCH3 is 1. The van der Waals surface area contributed by atoms with Crippen LogP contribution in [0.1, 0.15) is 31.7 Å². The van der Waals surface area contributed by atoms with Gasteiger partial charge in [-0.2, -0.15) is 0 Å². The molecule has 128 valence electrons. The van der Waals surface area contributed by atoms with Gasteiger partial charge < -0.3 is 9.47 Å². The van der Waals surface area contributed by atoms with E-state index in [-0.39, 0.29) is 11.8 Å². The Morgan fingerprint density at radius 3 is 3.00 bits per heavy atom. The molecule has 3 N–H and O–H groups in total. The third kappa shape index (κ3) is 4.59. The lowest BCUT2D eigenvalue weighted by Crippen LogP contribution is -2.44. The molecule has 1 atom stereocenters. The molecule has 1 aromatic carbocycles. The van der Waals surface area contributed by atoms with Gasteiger partial charge in [-0.3, -0.25) is 15.1 Å². The van der Waals surface area contributed by atoms with Crippen LogP contribution in [-0.2, 0) is 11.3 Å². The van der Waals surface area contributed by atoms with Gasteiger partial charge in [0.15, 0.2) is 11.5 Å². The van der Waals surface area contributed by atoms with E-state index in [4.69, 9.17) is 15.3 Å². The number of nitrogens with zero attached hydrogens (tertiary/aromatic N) is 1. The van der Waals surface area contributed by atoms with Crippen LogP contribution in [-0.4, -0.2) is 37.6 Å². The predicted octanol–water partition coefficient (Wildman–Crippen LogP) is 1.69. The maximum atomic E-state index is 11.8. The van der Waals surface area contributed by atoms with E-state index in [1.54, 1.807) is 7.11 Å². The van der Waals surface area contributed by atoms with Crippen molar-refractivity contribution in [2.45, 2.75) is 32.7 Å². The van der Waals surface area contributed by atoms with Gasteiger partial charge in [-0.25, -0.2) is 5.84 Å². The van der Waals surface area contributed by atoms with E-state index in [9.17, 15) is 4.79 Å². The zero-order valence-corrected chi connectivity index (χ0v) is 14.0. The van der Waals surface area contributed by atoms with Crippen molar-refractivity contribution in [2.24, 2.45) is 11.8 Å². The number of nitrogens with two attached hydrogens (primary N) is 1. The minimum atomic E-state index is -0.0807. The second-order valence-corrected chi connectivity index (χ2v) is 5.88. The first kappa shape index (κ1) is 17.6. The lowest BCUT2D eigenvalue weighted by Gasteiger charge is -2.32. The molecule has 0 radical (unpaired) electrons. The van der Waals surface area contributed by atoms with Crippen LogP contribution in [0.15, 0.2) is 18.2 Å². The fourth-order valence-corrected chi connectivity index (χ4v) is 2.99. The number of benzene rings is 1. The highest BCUT2D eigenvalue weighted by Crippen LogP contribution is 2.33. The molecule has 0 spiro atoms. The van der Waals surface area contributed by atoms with Crippen molar-refractivity contribution in [3.63, 3.8) is 0 Å². The van der Waals surface area contributed by atoms with Gasteiger partial charge in [0.1, 0.15) is 0 Å². The number of rotatable bonds is 7. The quantitative estimate of drug-likeness (QED) is 0.454. The first-order valence-corrected chi connectivity index (χ1v) is 8.21. The maximum Gasteiger partial charge on any atom is 0.238 e. The molecule has 6 heteroatoms. The van der Waals surface area contributed by atoms with Crippen LogP contribution < -0.4 is 20.7 Å². The van der Waals surface area contributed by atoms with Crippen molar-refractivity contribution in [1.29, 1.82) is 0 Å². The molecule has 23 heavy (non-hydrogen) atoms. The summed E-state index contributed by atoms with van der Waals surface area (Å²) in [6.45, 7) is 5.16. The molecule has 1 amide bonds. The molecule has 1 fully saturated rings. The van der Waals surface area contributed by atoms with Gasteiger partial charge >= 0.3 is 0 Å². The van der Waals surface area contributed by atoms with E-state index < -0.39 is 0 Å².